The number of nitrogens with zero attached hydrogens (tertiary/aromatic N) is 5. The fraction of sp³-hybridized carbons (Fsp3) is 0.200. The number of rotatable bonds is 14. The lowest BCUT2D eigenvalue weighted by atomic mass is 10.0. The molecule has 4 aromatic carbocycles. The zero-order valence-electron chi connectivity index (χ0n) is 28.5. The Bertz CT molecular complexity index is 2260. The second kappa shape index (κ2) is 16.6. The molecule has 0 radical (unpaired) electrons. The number of phenols is 1. The van der Waals surface area contributed by atoms with Crippen LogP contribution in [-0.2, 0) is 14.4 Å². The summed E-state index contributed by atoms with van der Waals surface area (Å²) in [6, 6.07) is 16.2. The van der Waals surface area contributed by atoms with E-state index >= 15 is 0 Å². The number of aliphatic carboxylic acids is 2. The summed E-state index contributed by atoms with van der Waals surface area (Å²) in [7, 11) is 0. The lowest BCUT2D eigenvalue weighted by Gasteiger charge is -2.16. The first-order chi connectivity index (χ1) is 25.2. The standard InChI is InChI=1S/C35H34BrClN10O6/c1-16-10-19-5-8-23(38)30(29(19)27(48)11-16)47-46-24-9-7-20(12-18(24)3)41-34-43-33(37)44-35(45-34)42-25-13-21(6-4-17(25)2)40-31(51)22(36)15-39-26(32(52)53)14-28(49)50/h4-13,22,26,39,48H,14-15,38H2,1-3H3,(H,40,51)(H,49,50)(H,52,53)(H2,41,42,43,44,45). The van der Waals surface area contributed by atoms with Crippen molar-refractivity contribution in [2.75, 3.05) is 28.2 Å². The molecule has 0 spiro atoms. The molecular weight excluding hydrogens is 772 g/mol. The Hall–Kier alpha value is -5.91. The molecule has 1 heterocycles. The first-order valence-corrected chi connectivity index (χ1v) is 17.2. The molecule has 0 aliphatic heterocycles. The first-order valence-electron chi connectivity index (χ1n) is 15.9. The molecule has 1 amide bonds. The minimum absolute atomic E-state index is 0.0690. The maximum Gasteiger partial charge on any atom is 0.321 e. The van der Waals surface area contributed by atoms with Crippen LogP contribution >= 0.6 is 27.5 Å². The van der Waals surface area contributed by atoms with Crippen molar-refractivity contribution in [2.24, 2.45) is 10.2 Å². The van der Waals surface area contributed by atoms with Gasteiger partial charge in [-0.1, -0.05) is 34.1 Å². The molecule has 5 rings (SSSR count). The molecule has 2 atom stereocenters. The summed E-state index contributed by atoms with van der Waals surface area (Å²) in [6.07, 6.45) is -0.642. The number of azo groups is 1. The molecule has 9 N–H and O–H groups in total. The van der Waals surface area contributed by atoms with E-state index in [2.05, 4.69) is 62.4 Å². The van der Waals surface area contributed by atoms with Crippen molar-refractivity contribution in [3.63, 3.8) is 0 Å². The van der Waals surface area contributed by atoms with E-state index in [9.17, 15) is 24.6 Å². The van der Waals surface area contributed by atoms with Crippen LogP contribution in [0.25, 0.3) is 10.8 Å². The number of anilines is 6. The van der Waals surface area contributed by atoms with E-state index in [1.807, 2.05) is 39.0 Å². The number of halogens is 2. The highest BCUT2D eigenvalue weighted by Gasteiger charge is 2.24. The van der Waals surface area contributed by atoms with E-state index in [0.29, 0.717) is 39.5 Å². The average Bonchev–Trinajstić information content (AvgIpc) is 3.07. The topological polar surface area (TPSA) is 249 Å². The molecule has 0 fully saturated rings. The number of hydrogen-bond donors (Lipinski definition) is 8. The van der Waals surface area contributed by atoms with Gasteiger partial charge in [0.1, 0.15) is 22.3 Å². The highest BCUT2D eigenvalue weighted by Crippen LogP contribution is 2.40. The second-order valence-electron chi connectivity index (χ2n) is 12.0. The van der Waals surface area contributed by atoms with Crippen molar-refractivity contribution in [3.05, 3.63) is 82.6 Å². The summed E-state index contributed by atoms with van der Waals surface area (Å²) < 4.78 is 0. The zero-order chi connectivity index (χ0) is 38.4. The van der Waals surface area contributed by atoms with Crippen LogP contribution in [0.5, 0.6) is 5.75 Å². The maximum atomic E-state index is 12.8. The SMILES string of the molecule is Cc1cc(O)c2c(N=Nc3ccc(Nc4nc(Cl)nc(Nc5cc(NC(=O)C(Br)CNC(CC(=O)O)C(=O)O)ccc5C)n4)cc3C)c(N)ccc2c1. The number of aromatic hydroxyl groups is 1. The third-order valence-electron chi connectivity index (χ3n) is 7.82. The number of carboxylic acids is 2. The Balaban J connectivity index is 1.26. The zero-order valence-corrected chi connectivity index (χ0v) is 30.8. The average molecular weight is 806 g/mol. The summed E-state index contributed by atoms with van der Waals surface area (Å²) in [6.45, 7) is 5.45. The number of carboxylic acid groups (broad SMARTS) is 2. The molecule has 5 aromatic rings. The summed E-state index contributed by atoms with van der Waals surface area (Å²) in [4.78, 5) is 47.0. The predicted molar refractivity (Wildman–Crippen MR) is 206 cm³/mol. The van der Waals surface area contributed by atoms with Crippen molar-refractivity contribution in [3.8, 4) is 5.75 Å². The number of carbonyl (C=O) groups excluding carboxylic acids is 1. The van der Waals surface area contributed by atoms with Gasteiger partial charge in [-0.3, -0.25) is 14.4 Å². The Morgan fingerprint density at radius 1 is 0.887 bits per heavy atom. The van der Waals surface area contributed by atoms with Gasteiger partial charge < -0.3 is 42.3 Å². The summed E-state index contributed by atoms with van der Waals surface area (Å²) >= 11 is 9.46. The molecule has 2 unspecified atom stereocenters. The summed E-state index contributed by atoms with van der Waals surface area (Å²) in [5.74, 6) is -2.78. The van der Waals surface area contributed by atoms with Crippen LogP contribution in [0.4, 0.5) is 46.0 Å². The van der Waals surface area contributed by atoms with Crippen LogP contribution in [0.1, 0.15) is 23.1 Å². The molecule has 0 saturated heterocycles. The van der Waals surface area contributed by atoms with Crippen LogP contribution in [0.15, 0.2) is 70.9 Å². The van der Waals surface area contributed by atoms with E-state index in [1.54, 1.807) is 42.5 Å². The third kappa shape index (κ3) is 9.91. The van der Waals surface area contributed by atoms with Crippen LogP contribution in [0, 0.1) is 20.8 Å². The van der Waals surface area contributed by atoms with Crippen LogP contribution in [0.2, 0.25) is 5.28 Å². The molecule has 0 aliphatic carbocycles. The number of nitrogens with one attached hydrogen (secondary N) is 4. The number of fused-ring (bicyclic) bond motifs is 1. The van der Waals surface area contributed by atoms with E-state index < -0.39 is 35.1 Å². The normalized spacial score (nSPS) is 12.4. The smallest absolute Gasteiger partial charge is 0.321 e. The van der Waals surface area contributed by atoms with Gasteiger partial charge >= 0.3 is 11.9 Å². The minimum atomic E-state index is -1.36. The van der Waals surface area contributed by atoms with Gasteiger partial charge in [-0.25, -0.2) is 0 Å². The van der Waals surface area contributed by atoms with Gasteiger partial charge in [-0.05, 0) is 96.9 Å². The molecule has 0 saturated carbocycles. The number of aryl methyl sites for hydroxylation is 3. The second-order valence-corrected chi connectivity index (χ2v) is 13.4. The van der Waals surface area contributed by atoms with Crippen molar-refractivity contribution >= 4 is 102 Å². The molecule has 274 valence electrons. The highest BCUT2D eigenvalue weighted by molar-refractivity contribution is 9.10. The van der Waals surface area contributed by atoms with Gasteiger partial charge in [0, 0.05) is 23.6 Å². The number of aromatic nitrogens is 3. The van der Waals surface area contributed by atoms with Gasteiger partial charge in [0.2, 0.25) is 23.1 Å². The predicted octanol–water partition coefficient (Wildman–Crippen LogP) is 7.01. The summed E-state index contributed by atoms with van der Waals surface area (Å²) in [5, 5.41) is 50.3. The number of benzene rings is 4. The highest BCUT2D eigenvalue weighted by atomic mass is 79.9. The number of nitrogens with two attached hydrogens (primary N) is 1. The van der Waals surface area contributed by atoms with E-state index in [4.69, 9.17) is 22.4 Å². The fourth-order valence-corrected chi connectivity index (χ4v) is 5.63. The molecule has 53 heavy (non-hydrogen) atoms. The van der Waals surface area contributed by atoms with Gasteiger partial charge in [0.15, 0.2) is 0 Å². The van der Waals surface area contributed by atoms with Crippen LogP contribution in [0.3, 0.4) is 0 Å². The Morgan fingerprint density at radius 2 is 1.60 bits per heavy atom. The van der Waals surface area contributed by atoms with Crippen molar-refractivity contribution < 1.29 is 29.7 Å². The number of carbonyl (C=O) groups is 3. The van der Waals surface area contributed by atoms with Gasteiger partial charge in [0.05, 0.1) is 23.2 Å². The molecule has 0 bridgehead atoms. The van der Waals surface area contributed by atoms with E-state index in [0.717, 1.165) is 22.1 Å². The molecule has 16 nitrogen and oxygen atoms in total. The largest absolute Gasteiger partial charge is 0.507 e. The summed E-state index contributed by atoms with van der Waals surface area (Å²) in [5.41, 5.74) is 11.6. The van der Waals surface area contributed by atoms with Crippen LogP contribution < -0.4 is 27.0 Å². The van der Waals surface area contributed by atoms with Crippen LogP contribution in [-0.4, -0.2) is 65.5 Å². The van der Waals surface area contributed by atoms with Crippen molar-refractivity contribution in [1.82, 2.24) is 20.3 Å². The first kappa shape index (κ1) is 38.3. The fourth-order valence-electron chi connectivity index (χ4n) is 5.17. The van der Waals surface area contributed by atoms with Gasteiger partial charge in [0.25, 0.3) is 0 Å². The lowest BCUT2D eigenvalue weighted by molar-refractivity contribution is -0.145. The molecular formula is C35H34BrClN10O6. The lowest BCUT2D eigenvalue weighted by Crippen LogP contribution is -2.43. The van der Waals surface area contributed by atoms with Gasteiger partial charge in [-0.15, -0.1) is 5.11 Å². The monoisotopic (exact) mass is 804 g/mol. The number of nitrogen functional groups attached to an aromatic ring is 1. The molecule has 1 aromatic heterocycles. The van der Waals surface area contributed by atoms with Crippen molar-refractivity contribution in [2.45, 2.75) is 38.1 Å². The van der Waals surface area contributed by atoms with Gasteiger partial charge in [-0.2, -0.15) is 20.1 Å². The number of alkyl halides is 1. The van der Waals surface area contributed by atoms with E-state index in [-0.39, 0.29) is 29.5 Å². The Kier molecular flexibility index (Phi) is 12.0. The van der Waals surface area contributed by atoms with Crippen molar-refractivity contribution in [1.29, 1.82) is 0 Å². The molecule has 0 aliphatic rings. The maximum absolute atomic E-state index is 12.8. The Labute approximate surface area is 316 Å². The minimum Gasteiger partial charge on any atom is -0.507 e. The number of phenolic OH excluding ortho intramolecular Hbond substituents is 1. The quantitative estimate of drug-likeness (QED) is 0.0320. The number of hydrogen-bond acceptors (Lipinski definition) is 13. The van der Waals surface area contributed by atoms with E-state index in [1.165, 1.54) is 0 Å². The Morgan fingerprint density at radius 3 is 2.30 bits per heavy atom. The number of amides is 1. The third-order valence-corrected chi connectivity index (χ3v) is 8.73. The molecule has 18 heteroatoms.